The first-order valence-electron chi connectivity index (χ1n) is 7.34. The fourth-order valence-electron chi connectivity index (χ4n) is 2.32. The molecule has 0 N–H and O–H groups in total. The second-order valence-electron chi connectivity index (χ2n) is 6.48. The number of amides is 1. The van der Waals surface area contributed by atoms with Gasteiger partial charge in [0.2, 0.25) is 5.91 Å². The molecule has 6 heteroatoms. The molecule has 21 heavy (non-hydrogen) atoms. The van der Waals surface area contributed by atoms with Crippen molar-refractivity contribution in [2.45, 2.75) is 32.7 Å². The Bertz CT molecular complexity index is 474. The van der Waals surface area contributed by atoms with Gasteiger partial charge >= 0.3 is 0 Å². The minimum Gasteiger partial charge on any atom is -0.375 e. The van der Waals surface area contributed by atoms with E-state index in [9.17, 15) is 4.79 Å². The molecule has 1 aromatic heterocycles. The van der Waals surface area contributed by atoms with Gasteiger partial charge < -0.3 is 9.64 Å². The molecule has 118 valence electrons. The SMILES string of the molecule is COCC(=O)N1CCN(Cc2csc(C(C)(C)C)n2)CC1. The number of carbonyl (C=O) groups is 1. The van der Waals surface area contributed by atoms with Crippen molar-refractivity contribution >= 4 is 17.2 Å². The lowest BCUT2D eigenvalue weighted by atomic mass is 9.98. The highest BCUT2D eigenvalue weighted by atomic mass is 32.1. The van der Waals surface area contributed by atoms with Crippen LogP contribution in [0.25, 0.3) is 0 Å². The zero-order chi connectivity index (χ0) is 15.5. The molecule has 2 heterocycles. The third-order valence-electron chi connectivity index (χ3n) is 3.57. The Hall–Kier alpha value is -0.980. The van der Waals surface area contributed by atoms with E-state index in [1.54, 1.807) is 18.4 Å². The van der Waals surface area contributed by atoms with E-state index in [0.717, 1.165) is 38.4 Å². The van der Waals surface area contributed by atoms with Crippen LogP contribution in [-0.4, -0.2) is 60.6 Å². The van der Waals surface area contributed by atoms with E-state index in [1.165, 1.54) is 5.01 Å². The van der Waals surface area contributed by atoms with Crippen LogP contribution in [0.3, 0.4) is 0 Å². The van der Waals surface area contributed by atoms with Gasteiger partial charge in [-0.1, -0.05) is 20.8 Å². The standard InChI is InChI=1S/C15H25N3O2S/c1-15(2,3)14-16-12(11-21-14)9-17-5-7-18(8-6-17)13(19)10-20-4/h11H,5-10H2,1-4H3. The van der Waals surface area contributed by atoms with Crippen molar-refractivity contribution in [1.82, 2.24) is 14.8 Å². The van der Waals surface area contributed by atoms with Gasteiger partial charge in [0.05, 0.1) is 10.7 Å². The summed E-state index contributed by atoms with van der Waals surface area (Å²) in [6, 6.07) is 0. The van der Waals surface area contributed by atoms with Crippen LogP contribution in [0.2, 0.25) is 0 Å². The predicted molar refractivity (Wildman–Crippen MR) is 84.5 cm³/mol. The number of ether oxygens (including phenoxy) is 1. The fraction of sp³-hybridized carbons (Fsp3) is 0.733. The number of carbonyl (C=O) groups excluding carboxylic acids is 1. The number of rotatable bonds is 4. The number of piperazine rings is 1. The third kappa shape index (κ3) is 4.49. The van der Waals surface area contributed by atoms with Gasteiger partial charge in [-0.15, -0.1) is 11.3 Å². The second-order valence-corrected chi connectivity index (χ2v) is 7.34. The van der Waals surface area contributed by atoms with Crippen LogP contribution >= 0.6 is 11.3 Å². The summed E-state index contributed by atoms with van der Waals surface area (Å²) in [7, 11) is 1.56. The van der Waals surface area contributed by atoms with E-state index in [2.05, 4.69) is 31.1 Å². The average molecular weight is 311 g/mol. The quantitative estimate of drug-likeness (QED) is 0.849. The number of nitrogens with zero attached hydrogens (tertiary/aromatic N) is 3. The normalized spacial score (nSPS) is 17.2. The largest absolute Gasteiger partial charge is 0.375 e. The summed E-state index contributed by atoms with van der Waals surface area (Å²) in [6.45, 7) is 11.0. The van der Waals surface area contributed by atoms with Crippen molar-refractivity contribution < 1.29 is 9.53 Å². The molecule has 0 aromatic carbocycles. The molecule has 1 saturated heterocycles. The number of hydrogen-bond donors (Lipinski definition) is 0. The molecule has 2 rings (SSSR count). The molecule has 0 saturated carbocycles. The Kier molecular flexibility index (Phi) is 5.35. The van der Waals surface area contributed by atoms with Crippen LogP contribution < -0.4 is 0 Å². The third-order valence-corrected chi connectivity index (χ3v) is 4.89. The molecule has 0 spiro atoms. The van der Waals surface area contributed by atoms with Crippen molar-refractivity contribution in [2.75, 3.05) is 39.9 Å². The van der Waals surface area contributed by atoms with Gasteiger partial charge in [0, 0.05) is 50.6 Å². The predicted octanol–water partition coefficient (Wildman–Crippen LogP) is 1.73. The molecule has 1 fully saturated rings. The average Bonchev–Trinajstić information content (AvgIpc) is 2.88. The van der Waals surface area contributed by atoms with Gasteiger partial charge in [-0.2, -0.15) is 0 Å². The van der Waals surface area contributed by atoms with Crippen molar-refractivity contribution in [2.24, 2.45) is 0 Å². The summed E-state index contributed by atoms with van der Waals surface area (Å²) >= 11 is 1.74. The van der Waals surface area contributed by atoms with Gasteiger partial charge in [-0.3, -0.25) is 9.69 Å². The summed E-state index contributed by atoms with van der Waals surface area (Å²) in [5.74, 6) is 0.0841. The molecule has 0 unspecified atom stereocenters. The molecule has 1 aliphatic heterocycles. The maximum atomic E-state index is 11.7. The molecule has 1 aromatic rings. The van der Waals surface area contributed by atoms with Crippen LogP contribution in [0, 0.1) is 0 Å². The van der Waals surface area contributed by atoms with Gasteiger partial charge in [-0.05, 0) is 0 Å². The molecule has 1 aliphatic rings. The van der Waals surface area contributed by atoms with Crippen LogP contribution in [0.15, 0.2) is 5.38 Å². The monoisotopic (exact) mass is 311 g/mol. The number of thiazole rings is 1. The smallest absolute Gasteiger partial charge is 0.248 e. The van der Waals surface area contributed by atoms with E-state index >= 15 is 0 Å². The van der Waals surface area contributed by atoms with Gasteiger partial charge in [-0.25, -0.2) is 4.98 Å². The highest BCUT2D eigenvalue weighted by Gasteiger charge is 2.22. The van der Waals surface area contributed by atoms with E-state index < -0.39 is 0 Å². The van der Waals surface area contributed by atoms with Crippen molar-refractivity contribution in [3.05, 3.63) is 16.1 Å². The Labute approximate surface area is 130 Å². The van der Waals surface area contributed by atoms with E-state index in [-0.39, 0.29) is 17.9 Å². The molecular formula is C15H25N3O2S. The van der Waals surface area contributed by atoms with Crippen molar-refractivity contribution in [1.29, 1.82) is 0 Å². The van der Waals surface area contributed by atoms with Gasteiger partial charge in [0.15, 0.2) is 0 Å². The van der Waals surface area contributed by atoms with E-state index in [0.29, 0.717) is 0 Å². The Morgan fingerprint density at radius 2 is 2.00 bits per heavy atom. The highest BCUT2D eigenvalue weighted by molar-refractivity contribution is 7.09. The summed E-state index contributed by atoms with van der Waals surface area (Å²) in [5.41, 5.74) is 1.26. The molecule has 1 amide bonds. The molecule has 0 radical (unpaired) electrons. The maximum absolute atomic E-state index is 11.7. The summed E-state index contributed by atoms with van der Waals surface area (Å²) in [5, 5.41) is 3.34. The summed E-state index contributed by atoms with van der Waals surface area (Å²) < 4.78 is 4.90. The van der Waals surface area contributed by atoms with Gasteiger partial charge in [0.1, 0.15) is 6.61 Å². The molecule has 0 aliphatic carbocycles. The van der Waals surface area contributed by atoms with Crippen molar-refractivity contribution in [3.8, 4) is 0 Å². The van der Waals surface area contributed by atoms with Crippen LogP contribution in [0.5, 0.6) is 0 Å². The fourth-order valence-corrected chi connectivity index (χ4v) is 3.22. The zero-order valence-corrected chi connectivity index (χ0v) is 14.2. The lowest BCUT2D eigenvalue weighted by Gasteiger charge is -2.34. The first kappa shape index (κ1) is 16.4. The zero-order valence-electron chi connectivity index (χ0n) is 13.4. The number of methoxy groups -OCH3 is 1. The number of aromatic nitrogens is 1. The molecule has 5 nitrogen and oxygen atoms in total. The molecule has 0 bridgehead atoms. The first-order valence-corrected chi connectivity index (χ1v) is 8.22. The first-order chi connectivity index (χ1) is 9.90. The number of hydrogen-bond acceptors (Lipinski definition) is 5. The van der Waals surface area contributed by atoms with Gasteiger partial charge in [0.25, 0.3) is 0 Å². The Morgan fingerprint density at radius 1 is 1.33 bits per heavy atom. The van der Waals surface area contributed by atoms with Crippen LogP contribution in [0.4, 0.5) is 0 Å². The topological polar surface area (TPSA) is 45.7 Å². The Morgan fingerprint density at radius 3 is 2.52 bits per heavy atom. The van der Waals surface area contributed by atoms with Crippen LogP contribution in [0.1, 0.15) is 31.5 Å². The molecule has 0 atom stereocenters. The molecular weight excluding hydrogens is 286 g/mol. The van der Waals surface area contributed by atoms with E-state index in [1.807, 2.05) is 4.90 Å². The second kappa shape index (κ2) is 6.85. The summed E-state index contributed by atoms with van der Waals surface area (Å²) in [4.78, 5) is 20.7. The Balaban J connectivity index is 1.83. The lowest BCUT2D eigenvalue weighted by Crippen LogP contribution is -2.49. The lowest BCUT2D eigenvalue weighted by molar-refractivity contribution is -0.136. The minimum absolute atomic E-state index is 0.0841. The summed E-state index contributed by atoms with van der Waals surface area (Å²) in [6.07, 6.45) is 0. The highest BCUT2D eigenvalue weighted by Crippen LogP contribution is 2.26. The van der Waals surface area contributed by atoms with Crippen LogP contribution in [-0.2, 0) is 21.5 Å². The van der Waals surface area contributed by atoms with Crippen molar-refractivity contribution in [3.63, 3.8) is 0 Å². The minimum atomic E-state index is 0.0841. The van der Waals surface area contributed by atoms with E-state index in [4.69, 9.17) is 9.72 Å². The maximum Gasteiger partial charge on any atom is 0.248 e.